The molecule has 1 aliphatic heterocycles. The average Bonchev–Trinajstić information content (AvgIpc) is 2.68. The lowest BCUT2D eigenvalue weighted by Crippen LogP contribution is -2.50. The van der Waals surface area contributed by atoms with Gasteiger partial charge in [-0.1, -0.05) is 35.9 Å². The SMILES string of the molecule is Cc1cccc(NC(=O)NC(=O)CN2CCN(Cc3ccc(Cl)cc3)CC2)c1C. The van der Waals surface area contributed by atoms with Gasteiger partial charge in [0.25, 0.3) is 0 Å². The van der Waals surface area contributed by atoms with Gasteiger partial charge >= 0.3 is 6.03 Å². The van der Waals surface area contributed by atoms with Gasteiger partial charge in [0.15, 0.2) is 0 Å². The molecule has 3 rings (SSSR count). The minimum Gasteiger partial charge on any atom is -0.307 e. The fraction of sp³-hybridized carbons (Fsp3) is 0.364. The number of piperazine rings is 1. The van der Waals surface area contributed by atoms with E-state index in [1.165, 1.54) is 5.56 Å². The van der Waals surface area contributed by atoms with Crippen LogP contribution < -0.4 is 10.6 Å². The van der Waals surface area contributed by atoms with E-state index < -0.39 is 6.03 Å². The van der Waals surface area contributed by atoms with Crippen LogP contribution in [-0.4, -0.2) is 54.5 Å². The Morgan fingerprint density at radius 3 is 2.31 bits per heavy atom. The average molecular weight is 415 g/mol. The molecular formula is C22H27ClN4O2. The molecular weight excluding hydrogens is 388 g/mol. The Balaban J connectivity index is 1.40. The maximum absolute atomic E-state index is 12.2. The fourth-order valence-corrected chi connectivity index (χ4v) is 3.49. The number of aryl methyl sites for hydroxylation is 1. The number of hydrogen-bond acceptors (Lipinski definition) is 4. The summed E-state index contributed by atoms with van der Waals surface area (Å²) in [5.41, 5.74) is 4.02. The number of carbonyl (C=O) groups excluding carboxylic acids is 2. The van der Waals surface area contributed by atoms with Crippen molar-refractivity contribution >= 4 is 29.2 Å². The first-order valence-corrected chi connectivity index (χ1v) is 10.1. The lowest BCUT2D eigenvalue weighted by atomic mass is 10.1. The minimum atomic E-state index is -0.495. The van der Waals surface area contributed by atoms with Gasteiger partial charge in [-0.05, 0) is 48.7 Å². The number of rotatable bonds is 5. The molecule has 1 heterocycles. The molecule has 154 valence electrons. The van der Waals surface area contributed by atoms with Crippen LogP contribution in [0.2, 0.25) is 5.02 Å². The Labute approximate surface area is 176 Å². The summed E-state index contributed by atoms with van der Waals surface area (Å²) in [6.07, 6.45) is 0. The topological polar surface area (TPSA) is 64.7 Å². The highest BCUT2D eigenvalue weighted by molar-refractivity contribution is 6.30. The second kappa shape index (κ2) is 9.87. The van der Waals surface area contributed by atoms with Crippen molar-refractivity contribution in [3.8, 4) is 0 Å². The third-order valence-corrected chi connectivity index (χ3v) is 5.51. The highest BCUT2D eigenvalue weighted by Crippen LogP contribution is 2.17. The van der Waals surface area contributed by atoms with Crippen molar-refractivity contribution in [3.05, 3.63) is 64.2 Å². The van der Waals surface area contributed by atoms with E-state index >= 15 is 0 Å². The largest absolute Gasteiger partial charge is 0.325 e. The number of amides is 3. The number of urea groups is 1. The zero-order valence-electron chi connectivity index (χ0n) is 16.9. The van der Waals surface area contributed by atoms with Gasteiger partial charge in [0.1, 0.15) is 0 Å². The number of hydrogen-bond donors (Lipinski definition) is 2. The Hall–Kier alpha value is -2.41. The molecule has 2 N–H and O–H groups in total. The summed E-state index contributed by atoms with van der Waals surface area (Å²) in [6.45, 7) is 8.35. The Morgan fingerprint density at radius 2 is 1.62 bits per heavy atom. The van der Waals surface area contributed by atoms with Gasteiger partial charge in [-0.2, -0.15) is 0 Å². The molecule has 0 atom stereocenters. The summed E-state index contributed by atoms with van der Waals surface area (Å²) >= 11 is 5.93. The van der Waals surface area contributed by atoms with Crippen LogP contribution in [-0.2, 0) is 11.3 Å². The summed E-state index contributed by atoms with van der Waals surface area (Å²) in [6, 6.07) is 13.1. The van der Waals surface area contributed by atoms with Gasteiger partial charge in [0.05, 0.1) is 6.54 Å². The molecule has 0 saturated carbocycles. The molecule has 1 aliphatic rings. The Morgan fingerprint density at radius 1 is 0.966 bits per heavy atom. The second-order valence-electron chi connectivity index (χ2n) is 7.43. The van der Waals surface area contributed by atoms with Crippen LogP contribution >= 0.6 is 11.6 Å². The predicted molar refractivity (Wildman–Crippen MR) is 116 cm³/mol. The van der Waals surface area contributed by atoms with Crippen molar-refractivity contribution in [2.75, 3.05) is 38.0 Å². The monoisotopic (exact) mass is 414 g/mol. The van der Waals surface area contributed by atoms with E-state index in [4.69, 9.17) is 11.6 Å². The number of nitrogens with one attached hydrogen (secondary N) is 2. The minimum absolute atomic E-state index is 0.217. The smallest absolute Gasteiger partial charge is 0.307 e. The summed E-state index contributed by atoms with van der Waals surface area (Å²) < 4.78 is 0. The maximum Gasteiger partial charge on any atom is 0.325 e. The fourth-order valence-electron chi connectivity index (χ4n) is 3.36. The molecule has 1 fully saturated rings. The molecule has 0 aromatic heterocycles. The second-order valence-corrected chi connectivity index (χ2v) is 7.86. The highest BCUT2D eigenvalue weighted by atomic mass is 35.5. The van der Waals surface area contributed by atoms with Crippen LogP contribution in [0, 0.1) is 13.8 Å². The molecule has 29 heavy (non-hydrogen) atoms. The third-order valence-electron chi connectivity index (χ3n) is 5.26. The van der Waals surface area contributed by atoms with Crippen LogP contribution in [0.4, 0.5) is 10.5 Å². The van der Waals surface area contributed by atoms with E-state index in [0.29, 0.717) is 5.69 Å². The summed E-state index contributed by atoms with van der Waals surface area (Å²) in [4.78, 5) is 28.8. The van der Waals surface area contributed by atoms with Gasteiger partial charge < -0.3 is 5.32 Å². The molecule has 0 spiro atoms. The molecule has 0 bridgehead atoms. The van der Waals surface area contributed by atoms with Gasteiger partial charge in [0, 0.05) is 43.4 Å². The molecule has 1 saturated heterocycles. The molecule has 3 amide bonds. The highest BCUT2D eigenvalue weighted by Gasteiger charge is 2.20. The molecule has 7 heteroatoms. The number of carbonyl (C=O) groups is 2. The van der Waals surface area contributed by atoms with E-state index in [2.05, 4.69) is 20.4 Å². The van der Waals surface area contributed by atoms with Crippen LogP contribution in [0.25, 0.3) is 0 Å². The zero-order valence-corrected chi connectivity index (χ0v) is 17.6. The van der Waals surface area contributed by atoms with Crippen molar-refractivity contribution < 1.29 is 9.59 Å². The van der Waals surface area contributed by atoms with Crippen LogP contribution in [0.5, 0.6) is 0 Å². The molecule has 6 nitrogen and oxygen atoms in total. The van der Waals surface area contributed by atoms with Crippen molar-refractivity contribution in [2.24, 2.45) is 0 Å². The van der Waals surface area contributed by atoms with Crippen molar-refractivity contribution in [3.63, 3.8) is 0 Å². The van der Waals surface area contributed by atoms with Gasteiger partial charge in [0.2, 0.25) is 5.91 Å². The number of nitrogens with zero attached hydrogens (tertiary/aromatic N) is 2. The molecule has 0 radical (unpaired) electrons. The Kier molecular flexibility index (Phi) is 7.25. The van der Waals surface area contributed by atoms with Crippen LogP contribution in [0.3, 0.4) is 0 Å². The van der Waals surface area contributed by atoms with Gasteiger partial charge in [-0.15, -0.1) is 0 Å². The molecule has 2 aromatic rings. The first-order chi connectivity index (χ1) is 13.9. The lowest BCUT2D eigenvalue weighted by Gasteiger charge is -2.34. The van der Waals surface area contributed by atoms with E-state index in [0.717, 1.165) is 48.9 Å². The summed E-state index contributed by atoms with van der Waals surface area (Å²) in [5.74, 6) is -0.293. The first kappa shape index (κ1) is 21.3. The quantitative estimate of drug-likeness (QED) is 0.786. The maximum atomic E-state index is 12.2. The molecule has 2 aromatic carbocycles. The number of imide groups is 1. The molecule has 0 unspecified atom stereocenters. The van der Waals surface area contributed by atoms with Gasteiger partial charge in [-0.3, -0.25) is 19.9 Å². The first-order valence-electron chi connectivity index (χ1n) is 9.77. The number of benzene rings is 2. The number of halogens is 1. The predicted octanol–water partition coefficient (Wildman–Crippen LogP) is 3.42. The lowest BCUT2D eigenvalue weighted by molar-refractivity contribution is -0.121. The number of anilines is 1. The van der Waals surface area contributed by atoms with E-state index in [9.17, 15) is 9.59 Å². The van der Waals surface area contributed by atoms with Crippen molar-refractivity contribution in [1.82, 2.24) is 15.1 Å². The van der Waals surface area contributed by atoms with E-state index in [1.807, 2.05) is 56.3 Å². The van der Waals surface area contributed by atoms with E-state index in [-0.39, 0.29) is 12.5 Å². The van der Waals surface area contributed by atoms with Crippen LogP contribution in [0.15, 0.2) is 42.5 Å². The van der Waals surface area contributed by atoms with E-state index in [1.54, 1.807) is 0 Å². The molecule has 0 aliphatic carbocycles. The zero-order chi connectivity index (χ0) is 20.8. The van der Waals surface area contributed by atoms with Gasteiger partial charge in [-0.25, -0.2) is 4.79 Å². The summed E-state index contributed by atoms with van der Waals surface area (Å²) in [7, 11) is 0. The van der Waals surface area contributed by atoms with Crippen molar-refractivity contribution in [2.45, 2.75) is 20.4 Å². The summed E-state index contributed by atoms with van der Waals surface area (Å²) in [5, 5.41) is 5.91. The normalized spacial score (nSPS) is 15.1. The third kappa shape index (κ3) is 6.29. The standard InChI is InChI=1S/C22H27ClN4O2/c1-16-4-3-5-20(17(16)2)24-22(29)25-21(28)15-27-12-10-26(11-13-27)14-18-6-8-19(23)9-7-18/h3-9H,10-15H2,1-2H3,(H2,24,25,28,29). The van der Waals surface area contributed by atoms with Crippen molar-refractivity contribution in [1.29, 1.82) is 0 Å². The van der Waals surface area contributed by atoms with Crippen LogP contribution in [0.1, 0.15) is 16.7 Å². The Bertz CT molecular complexity index is 862.